The quantitative estimate of drug-likeness (QED) is 0.734. The molecule has 1 heterocycles. The lowest BCUT2D eigenvalue weighted by Crippen LogP contribution is -2.03. The monoisotopic (exact) mass is 213 g/mol. The minimum Gasteiger partial charge on any atom is -0.382 e. The zero-order valence-corrected chi connectivity index (χ0v) is 10.0. The molecular weight excluding hydrogens is 194 g/mol. The first-order chi connectivity index (χ1) is 6.77. The first kappa shape index (κ1) is 11.4. The van der Waals surface area contributed by atoms with E-state index in [0.29, 0.717) is 0 Å². The van der Waals surface area contributed by atoms with Gasteiger partial charge in [0.25, 0.3) is 0 Å². The van der Waals surface area contributed by atoms with Crippen LogP contribution in [0.15, 0.2) is 6.20 Å². The van der Waals surface area contributed by atoms with Crippen LogP contribution in [0.3, 0.4) is 0 Å². The van der Waals surface area contributed by atoms with Gasteiger partial charge in [-0.3, -0.25) is 4.68 Å². The van der Waals surface area contributed by atoms with Crippen molar-refractivity contribution in [2.24, 2.45) is 7.05 Å². The Hall–Kier alpha value is -0.640. The molecule has 4 heteroatoms. The molecular formula is C10H19N3S. The zero-order chi connectivity index (χ0) is 10.4. The SMILES string of the molecule is CCc1nn(C)cc1NCCCSC. The second-order valence-electron chi connectivity index (χ2n) is 3.29. The van der Waals surface area contributed by atoms with Crippen LogP contribution in [0.1, 0.15) is 19.0 Å². The van der Waals surface area contributed by atoms with Crippen molar-refractivity contribution in [2.75, 3.05) is 23.9 Å². The third-order valence-electron chi connectivity index (χ3n) is 2.08. The minimum absolute atomic E-state index is 0.992. The van der Waals surface area contributed by atoms with Gasteiger partial charge in [-0.1, -0.05) is 6.92 Å². The Bertz CT molecular complexity index is 270. The van der Waals surface area contributed by atoms with E-state index < -0.39 is 0 Å². The van der Waals surface area contributed by atoms with Crippen LogP contribution in [0.25, 0.3) is 0 Å². The van der Waals surface area contributed by atoms with Crippen LogP contribution >= 0.6 is 11.8 Å². The Morgan fingerprint density at radius 1 is 1.57 bits per heavy atom. The van der Waals surface area contributed by atoms with E-state index >= 15 is 0 Å². The number of aromatic nitrogens is 2. The Labute approximate surface area is 90.3 Å². The smallest absolute Gasteiger partial charge is 0.0853 e. The molecule has 1 aromatic rings. The fourth-order valence-electron chi connectivity index (χ4n) is 1.38. The summed E-state index contributed by atoms with van der Waals surface area (Å²) < 4.78 is 1.87. The van der Waals surface area contributed by atoms with Gasteiger partial charge in [0.2, 0.25) is 0 Å². The number of hydrogen-bond donors (Lipinski definition) is 1. The third-order valence-corrected chi connectivity index (χ3v) is 2.78. The summed E-state index contributed by atoms with van der Waals surface area (Å²) in [6, 6.07) is 0. The van der Waals surface area contributed by atoms with Crippen molar-refractivity contribution in [3.8, 4) is 0 Å². The molecule has 0 atom stereocenters. The van der Waals surface area contributed by atoms with Crippen LogP contribution in [-0.2, 0) is 13.5 Å². The minimum atomic E-state index is 0.992. The van der Waals surface area contributed by atoms with Crippen LogP contribution in [0.4, 0.5) is 5.69 Å². The molecule has 0 saturated heterocycles. The summed E-state index contributed by atoms with van der Waals surface area (Å²) in [4.78, 5) is 0. The van der Waals surface area contributed by atoms with Gasteiger partial charge in [0, 0.05) is 19.8 Å². The maximum atomic E-state index is 4.38. The fraction of sp³-hybridized carbons (Fsp3) is 0.700. The predicted molar refractivity (Wildman–Crippen MR) is 64.1 cm³/mol. The lowest BCUT2D eigenvalue weighted by atomic mass is 10.3. The van der Waals surface area contributed by atoms with E-state index in [2.05, 4.69) is 29.8 Å². The van der Waals surface area contributed by atoms with Gasteiger partial charge >= 0.3 is 0 Å². The Balaban J connectivity index is 2.41. The summed E-state index contributed by atoms with van der Waals surface area (Å²) in [5, 5.41) is 7.80. The normalized spacial score (nSPS) is 10.5. The van der Waals surface area contributed by atoms with E-state index in [-0.39, 0.29) is 0 Å². The summed E-state index contributed by atoms with van der Waals surface area (Å²) in [6.45, 7) is 3.18. The summed E-state index contributed by atoms with van der Waals surface area (Å²) in [7, 11) is 1.96. The van der Waals surface area contributed by atoms with Gasteiger partial charge in [-0.05, 0) is 24.9 Å². The van der Waals surface area contributed by atoms with Gasteiger partial charge in [0.05, 0.1) is 11.4 Å². The molecule has 0 bridgehead atoms. The number of anilines is 1. The highest BCUT2D eigenvalue weighted by Crippen LogP contribution is 2.13. The van der Waals surface area contributed by atoms with Crippen molar-refractivity contribution in [1.82, 2.24) is 9.78 Å². The van der Waals surface area contributed by atoms with Gasteiger partial charge < -0.3 is 5.32 Å². The Morgan fingerprint density at radius 3 is 3.00 bits per heavy atom. The Morgan fingerprint density at radius 2 is 2.36 bits per heavy atom. The third kappa shape index (κ3) is 3.25. The van der Waals surface area contributed by atoms with Crippen LogP contribution in [-0.4, -0.2) is 28.3 Å². The molecule has 0 aliphatic carbocycles. The number of hydrogen-bond acceptors (Lipinski definition) is 3. The van der Waals surface area contributed by atoms with Crippen LogP contribution in [0.2, 0.25) is 0 Å². The molecule has 0 spiro atoms. The molecule has 0 fully saturated rings. The largest absolute Gasteiger partial charge is 0.382 e. The van der Waals surface area contributed by atoms with E-state index in [9.17, 15) is 0 Å². The summed E-state index contributed by atoms with van der Waals surface area (Å²) in [6.07, 6.45) is 6.39. The van der Waals surface area contributed by atoms with Crippen LogP contribution in [0, 0.1) is 0 Å². The van der Waals surface area contributed by atoms with Crippen molar-refractivity contribution >= 4 is 17.4 Å². The average molecular weight is 213 g/mol. The molecule has 0 aliphatic heterocycles. The zero-order valence-electron chi connectivity index (χ0n) is 9.21. The van der Waals surface area contributed by atoms with Crippen molar-refractivity contribution in [1.29, 1.82) is 0 Å². The molecule has 0 radical (unpaired) electrons. The molecule has 0 aromatic carbocycles. The predicted octanol–water partition coefficient (Wildman–Crippen LogP) is 2.15. The van der Waals surface area contributed by atoms with Crippen LogP contribution < -0.4 is 5.32 Å². The second kappa shape index (κ2) is 5.96. The van der Waals surface area contributed by atoms with E-state index in [1.807, 2.05) is 23.5 Å². The number of nitrogens with one attached hydrogen (secondary N) is 1. The van der Waals surface area contributed by atoms with Gasteiger partial charge in [0.15, 0.2) is 0 Å². The van der Waals surface area contributed by atoms with E-state index in [1.54, 1.807) is 0 Å². The molecule has 0 aliphatic rings. The first-order valence-electron chi connectivity index (χ1n) is 5.03. The average Bonchev–Trinajstić information content (AvgIpc) is 2.54. The molecule has 14 heavy (non-hydrogen) atoms. The number of aryl methyl sites for hydroxylation is 2. The van der Waals surface area contributed by atoms with E-state index in [0.717, 1.165) is 18.7 Å². The molecule has 0 amide bonds. The van der Waals surface area contributed by atoms with Crippen molar-refractivity contribution < 1.29 is 0 Å². The lowest BCUT2D eigenvalue weighted by molar-refractivity contribution is 0.746. The standard InChI is InChI=1S/C10H19N3S/c1-4-9-10(8-13(2)12-9)11-6-5-7-14-3/h8,11H,4-7H2,1-3H3. The molecule has 1 N–H and O–H groups in total. The fourth-order valence-corrected chi connectivity index (χ4v) is 1.82. The molecule has 80 valence electrons. The Kier molecular flexibility index (Phi) is 4.87. The van der Waals surface area contributed by atoms with Crippen molar-refractivity contribution in [2.45, 2.75) is 19.8 Å². The highest BCUT2D eigenvalue weighted by atomic mass is 32.2. The van der Waals surface area contributed by atoms with Gasteiger partial charge in [0.1, 0.15) is 0 Å². The van der Waals surface area contributed by atoms with Crippen molar-refractivity contribution in [3.05, 3.63) is 11.9 Å². The maximum absolute atomic E-state index is 4.38. The van der Waals surface area contributed by atoms with Gasteiger partial charge in [-0.15, -0.1) is 0 Å². The number of nitrogens with zero attached hydrogens (tertiary/aromatic N) is 2. The second-order valence-corrected chi connectivity index (χ2v) is 4.28. The van der Waals surface area contributed by atoms with Gasteiger partial charge in [-0.2, -0.15) is 16.9 Å². The van der Waals surface area contributed by atoms with Crippen LogP contribution in [0.5, 0.6) is 0 Å². The number of thioether (sulfide) groups is 1. The number of rotatable bonds is 6. The molecule has 1 aromatic heterocycles. The highest BCUT2D eigenvalue weighted by Gasteiger charge is 2.03. The van der Waals surface area contributed by atoms with Crippen molar-refractivity contribution in [3.63, 3.8) is 0 Å². The molecule has 1 rings (SSSR count). The summed E-state index contributed by atoms with van der Waals surface area (Å²) >= 11 is 1.89. The molecule has 0 saturated carbocycles. The molecule has 0 unspecified atom stereocenters. The van der Waals surface area contributed by atoms with E-state index in [4.69, 9.17) is 0 Å². The first-order valence-corrected chi connectivity index (χ1v) is 6.42. The van der Waals surface area contributed by atoms with E-state index in [1.165, 1.54) is 17.9 Å². The summed E-state index contributed by atoms with van der Waals surface area (Å²) in [5.41, 5.74) is 2.35. The summed E-state index contributed by atoms with van der Waals surface area (Å²) in [5.74, 6) is 1.22. The lowest BCUT2D eigenvalue weighted by Gasteiger charge is -2.03. The maximum Gasteiger partial charge on any atom is 0.0853 e. The molecule has 3 nitrogen and oxygen atoms in total. The topological polar surface area (TPSA) is 29.9 Å². The highest BCUT2D eigenvalue weighted by molar-refractivity contribution is 7.98. The van der Waals surface area contributed by atoms with Gasteiger partial charge in [-0.25, -0.2) is 0 Å².